The van der Waals surface area contributed by atoms with Crippen molar-refractivity contribution in [3.8, 4) is 17.6 Å². The minimum Gasteiger partial charge on any atom is -0.403 e. The highest BCUT2D eigenvalue weighted by Gasteiger charge is 2.32. The van der Waals surface area contributed by atoms with E-state index in [0.29, 0.717) is 10.9 Å². The number of alkyl halides is 3. The van der Waals surface area contributed by atoms with Gasteiger partial charge in [0.1, 0.15) is 5.82 Å². The van der Waals surface area contributed by atoms with Gasteiger partial charge in [-0.25, -0.2) is 8.78 Å². The topological polar surface area (TPSA) is 9.23 Å². The van der Waals surface area contributed by atoms with Crippen LogP contribution < -0.4 is 4.74 Å². The van der Waals surface area contributed by atoms with Crippen LogP contribution in [0.5, 0.6) is 5.75 Å². The second-order valence-electron chi connectivity index (χ2n) is 6.18. The van der Waals surface area contributed by atoms with Crippen LogP contribution in [0.15, 0.2) is 48.5 Å². The van der Waals surface area contributed by atoms with E-state index in [2.05, 4.69) is 16.6 Å². The monoisotopic (exact) mass is 390 g/mol. The number of benzene rings is 3. The first-order chi connectivity index (χ1) is 13.3. The molecule has 3 rings (SSSR count). The predicted octanol–water partition coefficient (Wildman–Crippen LogP) is 6.37. The highest BCUT2D eigenvalue weighted by atomic mass is 19.4. The molecule has 0 spiro atoms. The van der Waals surface area contributed by atoms with Gasteiger partial charge in [-0.3, -0.25) is 0 Å². The minimum absolute atomic E-state index is 0.0256. The molecule has 0 amide bonds. The van der Waals surface area contributed by atoms with Gasteiger partial charge in [-0.15, -0.1) is 13.2 Å². The van der Waals surface area contributed by atoms with Crippen molar-refractivity contribution >= 4 is 10.8 Å². The first-order valence-electron chi connectivity index (χ1n) is 8.55. The van der Waals surface area contributed by atoms with Crippen molar-refractivity contribution in [2.75, 3.05) is 0 Å². The number of ether oxygens (including phenoxy) is 1. The van der Waals surface area contributed by atoms with Crippen LogP contribution >= 0.6 is 0 Å². The molecule has 0 saturated heterocycles. The van der Waals surface area contributed by atoms with Crippen LogP contribution in [0, 0.1) is 23.5 Å². The average molecular weight is 390 g/mol. The van der Waals surface area contributed by atoms with Gasteiger partial charge in [0.05, 0.1) is 5.56 Å². The molecule has 28 heavy (non-hydrogen) atoms. The Bertz CT molecular complexity index is 1070. The van der Waals surface area contributed by atoms with E-state index in [1.807, 2.05) is 13.0 Å². The third kappa shape index (κ3) is 4.61. The van der Waals surface area contributed by atoms with Crippen molar-refractivity contribution < 1.29 is 26.7 Å². The lowest BCUT2D eigenvalue weighted by Crippen LogP contribution is -2.17. The summed E-state index contributed by atoms with van der Waals surface area (Å²) >= 11 is 0. The van der Waals surface area contributed by atoms with E-state index in [0.717, 1.165) is 24.5 Å². The fourth-order valence-corrected chi connectivity index (χ4v) is 2.80. The second-order valence-corrected chi connectivity index (χ2v) is 6.18. The highest BCUT2D eigenvalue weighted by molar-refractivity contribution is 5.86. The summed E-state index contributed by atoms with van der Waals surface area (Å²) in [5.41, 5.74) is 1.61. The van der Waals surface area contributed by atoms with Crippen LogP contribution in [0.3, 0.4) is 0 Å². The molecular weight excluding hydrogens is 375 g/mol. The molecule has 0 aliphatic rings. The fraction of sp³-hybridized carbons (Fsp3) is 0.182. The zero-order valence-corrected chi connectivity index (χ0v) is 14.8. The second kappa shape index (κ2) is 7.89. The van der Waals surface area contributed by atoms with Gasteiger partial charge in [-0.05, 0) is 47.7 Å². The molecule has 0 radical (unpaired) electrons. The number of hydrogen-bond acceptors (Lipinski definition) is 1. The predicted molar refractivity (Wildman–Crippen MR) is 97.0 cm³/mol. The Labute approximate surface area is 158 Å². The molecule has 3 aromatic carbocycles. The first kappa shape index (κ1) is 19.7. The lowest BCUT2D eigenvalue weighted by Gasteiger charge is -2.11. The molecule has 0 saturated carbocycles. The van der Waals surface area contributed by atoms with E-state index in [1.165, 1.54) is 30.3 Å². The van der Waals surface area contributed by atoms with Crippen molar-refractivity contribution in [2.24, 2.45) is 0 Å². The number of hydrogen-bond donors (Lipinski definition) is 0. The molecule has 0 aliphatic carbocycles. The summed E-state index contributed by atoms with van der Waals surface area (Å²) in [5.74, 6) is 3.10. The summed E-state index contributed by atoms with van der Waals surface area (Å²) in [6.07, 6.45) is -3.29. The molecule has 0 heterocycles. The Kier molecular flexibility index (Phi) is 5.55. The Morgan fingerprint density at radius 2 is 1.71 bits per heavy atom. The van der Waals surface area contributed by atoms with Gasteiger partial charge in [-0.2, -0.15) is 0 Å². The van der Waals surface area contributed by atoms with Crippen LogP contribution in [0.25, 0.3) is 10.8 Å². The Balaban J connectivity index is 1.90. The van der Waals surface area contributed by atoms with Gasteiger partial charge in [0, 0.05) is 10.9 Å². The minimum atomic E-state index is -4.98. The van der Waals surface area contributed by atoms with Crippen LogP contribution in [-0.4, -0.2) is 6.36 Å². The van der Waals surface area contributed by atoms with Gasteiger partial charge in [0.2, 0.25) is 0 Å². The Hall–Kier alpha value is -3.07. The summed E-state index contributed by atoms with van der Waals surface area (Å²) in [7, 11) is 0. The number of aryl methyl sites for hydroxylation is 1. The van der Waals surface area contributed by atoms with Crippen molar-refractivity contribution in [1.82, 2.24) is 0 Å². The maximum absolute atomic E-state index is 14.2. The first-order valence-corrected chi connectivity index (χ1v) is 8.55. The zero-order valence-electron chi connectivity index (χ0n) is 14.8. The van der Waals surface area contributed by atoms with E-state index in [-0.39, 0.29) is 10.9 Å². The fourth-order valence-electron chi connectivity index (χ4n) is 2.80. The maximum atomic E-state index is 14.2. The van der Waals surface area contributed by atoms with Crippen molar-refractivity contribution in [2.45, 2.75) is 26.1 Å². The van der Waals surface area contributed by atoms with Gasteiger partial charge in [-0.1, -0.05) is 43.4 Å². The quantitative estimate of drug-likeness (QED) is 0.373. The van der Waals surface area contributed by atoms with Gasteiger partial charge in [0.25, 0.3) is 0 Å². The van der Waals surface area contributed by atoms with Crippen LogP contribution in [-0.2, 0) is 6.42 Å². The average Bonchev–Trinajstić information content (AvgIpc) is 2.63. The Morgan fingerprint density at radius 3 is 2.39 bits per heavy atom. The van der Waals surface area contributed by atoms with Crippen molar-refractivity contribution in [3.05, 3.63) is 76.9 Å². The van der Waals surface area contributed by atoms with E-state index in [1.54, 1.807) is 6.07 Å². The molecule has 0 aromatic heterocycles. The van der Waals surface area contributed by atoms with Crippen LogP contribution in [0.2, 0.25) is 0 Å². The summed E-state index contributed by atoms with van der Waals surface area (Å²) in [6, 6.07) is 11.4. The summed E-state index contributed by atoms with van der Waals surface area (Å²) in [4.78, 5) is 0. The molecular formula is C22H15F5O. The number of rotatable bonds is 3. The van der Waals surface area contributed by atoms with E-state index < -0.39 is 23.7 Å². The van der Waals surface area contributed by atoms with Crippen molar-refractivity contribution in [3.63, 3.8) is 0 Å². The third-order valence-electron chi connectivity index (χ3n) is 4.06. The largest absolute Gasteiger partial charge is 0.573 e. The summed E-state index contributed by atoms with van der Waals surface area (Å²) < 4.78 is 68.9. The Morgan fingerprint density at radius 1 is 0.929 bits per heavy atom. The maximum Gasteiger partial charge on any atom is 0.573 e. The molecule has 144 valence electrons. The SMILES string of the molecule is CCCc1ccc(C#Cc2ccc3c(F)c(OC(F)(F)F)ccc3c2)c(F)c1. The van der Waals surface area contributed by atoms with Crippen LogP contribution in [0.1, 0.15) is 30.0 Å². The van der Waals surface area contributed by atoms with E-state index in [9.17, 15) is 22.0 Å². The molecule has 0 aliphatic heterocycles. The third-order valence-corrected chi connectivity index (χ3v) is 4.06. The molecule has 0 atom stereocenters. The van der Waals surface area contributed by atoms with E-state index in [4.69, 9.17) is 0 Å². The van der Waals surface area contributed by atoms with Gasteiger partial charge >= 0.3 is 6.36 Å². The molecule has 6 heteroatoms. The molecule has 3 aromatic rings. The molecule has 0 N–H and O–H groups in total. The number of fused-ring (bicyclic) bond motifs is 1. The summed E-state index contributed by atoms with van der Waals surface area (Å²) in [5, 5.41) is 0.333. The molecule has 0 unspecified atom stereocenters. The normalized spacial score (nSPS) is 11.2. The molecule has 0 bridgehead atoms. The van der Waals surface area contributed by atoms with E-state index >= 15 is 0 Å². The van der Waals surface area contributed by atoms with Gasteiger partial charge < -0.3 is 4.74 Å². The summed E-state index contributed by atoms with van der Waals surface area (Å²) in [6.45, 7) is 2.01. The molecule has 0 fully saturated rings. The van der Waals surface area contributed by atoms with Gasteiger partial charge in [0.15, 0.2) is 11.6 Å². The lowest BCUT2D eigenvalue weighted by atomic mass is 10.0. The lowest BCUT2D eigenvalue weighted by molar-refractivity contribution is -0.275. The zero-order chi connectivity index (χ0) is 20.3. The van der Waals surface area contributed by atoms with Crippen molar-refractivity contribution in [1.29, 1.82) is 0 Å². The number of halogens is 5. The standard InChI is InChI=1S/C22H15F5O/c1-2-3-14-4-7-16(19(23)13-14)8-5-15-6-10-18-17(12-15)9-11-20(21(18)24)28-22(25,26)27/h4,6-7,9-13H,2-3H2,1H3. The highest BCUT2D eigenvalue weighted by Crippen LogP contribution is 2.31. The molecule has 1 nitrogen and oxygen atoms in total. The smallest absolute Gasteiger partial charge is 0.403 e. The van der Waals surface area contributed by atoms with Crippen LogP contribution in [0.4, 0.5) is 22.0 Å².